The molecule has 1 aromatic heterocycles. The smallest absolute Gasteiger partial charge is 0.262 e. The second-order valence-corrected chi connectivity index (χ2v) is 5.10. The van der Waals surface area contributed by atoms with Crippen LogP contribution in [-0.4, -0.2) is 25.5 Å². The normalized spacial score (nSPS) is 16.4. The third-order valence-corrected chi connectivity index (χ3v) is 4.08. The van der Waals surface area contributed by atoms with Crippen molar-refractivity contribution in [2.45, 2.75) is 0 Å². The Kier molecular flexibility index (Phi) is 3.20. The quantitative estimate of drug-likeness (QED) is 0.877. The lowest BCUT2D eigenvalue weighted by molar-refractivity contribution is 0.0945. The van der Waals surface area contributed by atoms with Crippen molar-refractivity contribution in [2.24, 2.45) is 5.92 Å². The fourth-order valence-corrected chi connectivity index (χ4v) is 2.73. The molecule has 3 nitrogen and oxygen atoms in total. The summed E-state index contributed by atoms with van der Waals surface area (Å²) < 4.78 is 0.881. The van der Waals surface area contributed by atoms with E-state index in [9.17, 15) is 4.79 Å². The van der Waals surface area contributed by atoms with Gasteiger partial charge in [-0.05, 0) is 27.4 Å². The second-order valence-electron chi connectivity index (χ2n) is 3.33. The summed E-state index contributed by atoms with van der Waals surface area (Å²) in [5.74, 6) is 0.636. The minimum Gasteiger partial charge on any atom is -0.351 e. The van der Waals surface area contributed by atoms with Gasteiger partial charge in [-0.1, -0.05) is 0 Å². The molecule has 1 aromatic rings. The topological polar surface area (TPSA) is 41.1 Å². The maximum Gasteiger partial charge on any atom is 0.262 e. The summed E-state index contributed by atoms with van der Waals surface area (Å²) in [6, 6.07) is 1.89. The number of halogens is 1. The molecule has 0 saturated carbocycles. The molecular weight excluding hydrogens is 264 g/mol. The van der Waals surface area contributed by atoms with Crippen molar-refractivity contribution in [2.75, 3.05) is 19.6 Å². The standard InChI is InChI=1S/C9H11BrN2OS/c10-7-1-2-14-8(7)9(13)12-5-6-3-11-4-6/h1-2,6,11H,3-5H2,(H,12,13). The molecule has 0 unspecified atom stereocenters. The molecule has 1 saturated heterocycles. The number of carbonyl (C=O) groups excluding carboxylic acids is 1. The predicted molar refractivity (Wildman–Crippen MR) is 60.7 cm³/mol. The average Bonchev–Trinajstić information content (AvgIpc) is 2.48. The van der Waals surface area contributed by atoms with Crippen molar-refractivity contribution in [3.8, 4) is 0 Å². The summed E-state index contributed by atoms with van der Waals surface area (Å²) in [4.78, 5) is 12.4. The predicted octanol–water partition coefficient (Wildman–Crippen LogP) is 1.46. The molecule has 0 aromatic carbocycles. The molecule has 0 radical (unpaired) electrons. The van der Waals surface area contributed by atoms with Crippen LogP contribution in [0.4, 0.5) is 0 Å². The van der Waals surface area contributed by atoms with Gasteiger partial charge in [0.05, 0.1) is 0 Å². The minimum atomic E-state index is 0.0266. The van der Waals surface area contributed by atoms with E-state index in [1.54, 1.807) is 0 Å². The third kappa shape index (κ3) is 2.16. The highest BCUT2D eigenvalue weighted by atomic mass is 79.9. The molecule has 76 valence electrons. The Hall–Kier alpha value is -0.390. The van der Waals surface area contributed by atoms with Crippen molar-refractivity contribution in [1.82, 2.24) is 10.6 Å². The minimum absolute atomic E-state index is 0.0266. The number of nitrogens with one attached hydrogen (secondary N) is 2. The maximum atomic E-state index is 11.6. The average molecular weight is 275 g/mol. The number of amides is 1. The summed E-state index contributed by atoms with van der Waals surface area (Å²) in [5.41, 5.74) is 0. The van der Waals surface area contributed by atoms with Crippen molar-refractivity contribution in [1.29, 1.82) is 0 Å². The molecule has 1 amide bonds. The molecule has 0 atom stereocenters. The van der Waals surface area contributed by atoms with Crippen LogP contribution in [0, 0.1) is 5.92 Å². The van der Waals surface area contributed by atoms with Gasteiger partial charge in [0.2, 0.25) is 0 Å². The zero-order valence-electron chi connectivity index (χ0n) is 7.55. The van der Waals surface area contributed by atoms with Gasteiger partial charge in [-0.3, -0.25) is 4.79 Å². The Labute approximate surface area is 95.0 Å². The van der Waals surface area contributed by atoms with Crippen LogP contribution in [0.25, 0.3) is 0 Å². The van der Waals surface area contributed by atoms with E-state index >= 15 is 0 Å². The van der Waals surface area contributed by atoms with Gasteiger partial charge in [0.25, 0.3) is 5.91 Å². The van der Waals surface area contributed by atoms with Crippen LogP contribution in [-0.2, 0) is 0 Å². The molecule has 1 fully saturated rings. The van der Waals surface area contributed by atoms with E-state index in [1.165, 1.54) is 11.3 Å². The van der Waals surface area contributed by atoms with Crippen molar-refractivity contribution in [3.63, 3.8) is 0 Å². The fourth-order valence-electron chi connectivity index (χ4n) is 1.27. The van der Waals surface area contributed by atoms with Crippen LogP contribution in [0.1, 0.15) is 9.67 Å². The van der Waals surface area contributed by atoms with E-state index < -0.39 is 0 Å². The van der Waals surface area contributed by atoms with E-state index in [1.807, 2.05) is 11.4 Å². The van der Waals surface area contributed by atoms with E-state index in [4.69, 9.17) is 0 Å². The van der Waals surface area contributed by atoms with Crippen LogP contribution in [0.15, 0.2) is 15.9 Å². The van der Waals surface area contributed by atoms with Crippen LogP contribution >= 0.6 is 27.3 Å². The van der Waals surface area contributed by atoms with Gasteiger partial charge in [0.1, 0.15) is 4.88 Å². The first-order valence-electron chi connectivity index (χ1n) is 4.49. The molecule has 0 aliphatic carbocycles. The molecule has 1 aliphatic rings. The van der Waals surface area contributed by atoms with Crippen molar-refractivity contribution < 1.29 is 4.79 Å². The number of rotatable bonds is 3. The third-order valence-electron chi connectivity index (χ3n) is 2.24. The van der Waals surface area contributed by atoms with Gasteiger partial charge < -0.3 is 10.6 Å². The van der Waals surface area contributed by atoms with Gasteiger partial charge >= 0.3 is 0 Å². The fraction of sp³-hybridized carbons (Fsp3) is 0.444. The highest BCUT2D eigenvalue weighted by Crippen LogP contribution is 2.22. The van der Waals surface area contributed by atoms with E-state index in [-0.39, 0.29) is 5.91 Å². The van der Waals surface area contributed by atoms with Crippen LogP contribution in [0.3, 0.4) is 0 Å². The monoisotopic (exact) mass is 274 g/mol. The van der Waals surface area contributed by atoms with E-state index in [2.05, 4.69) is 26.6 Å². The zero-order chi connectivity index (χ0) is 9.97. The lowest BCUT2D eigenvalue weighted by Gasteiger charge is -2.26. The molecule has 0 bridgehead atoms. The largest absolute Gasteiger partial charge is 0.351 e. The van der Waals surface area contributed by atoms with Crippen molar-refractivity contribution >= 4 is 33.2 Å². The Morgan fingerprint density at radius 2 is 2.50 bits per heavy atom. The van der Waals surface area contributed by atoms with E-state index in [0.717, 1.165) is 29.0 Å². The zero-order valence-corrected chi connectivity index (χ0v) is 9.95. The molecule has 2 N–H and O–H groups in total. The summed E-state index contributed by atoms with van der Waals surface area (Å²) in [6.07, 6.45) is 0. The van der Waals surface area contributed by atoms with Gasteiger partial charge in [-0.15, -0.1) is 11.3 Å². The molecule has 5 heteroatoms. The molecule has 0 spiro atoms. The second kappa shape index (κ2) is 4.42. The molecular formula is C9H11BrN2OS. The number of hydrogen-bond donors (Lipinski definition) is 2. The summed E-state index contributed by atoms with van der Waals surface area (Å²) in [7, 11) is 0. The van der Waals surface area contributed by atoms with E-state index in [0.29, 0.717) is 5.92 Å². The van der Waals surface area contributed by atoms with Gasteiger partial charge in [0.15, 0.2) is 0 Å². The Balaban J connectivity index is 1.86. The summed E-state index contributed by atoms with van der Waals surface area (Å²) >= 11 is 4.80. The van der Waals surface area contributed by atoms with Gasteiger partial charge in [0, 0.05) is 30.0 Å². The first-order valence-corrected chi connectivity index (χ1v) is 6.16. The van der Waals surface area contributed by atoms with Crippen molar-refractivity contribution in [3.05, 3.63) is 20.8 Å². The lowest BCUT2D eigenvalue weighted by atomic mass is 10.0. The number of carbonyl (C=O) groups is 1. The summed E-state index contributed by atoms with van der Waals surface area (Å²) in [6.45, 7) is 2.81. The Bertz CT molecular complexity index is 335. The summed E-state index contributed by atoms with van der Waals surface area (Å²) in [5, 5.41) is 8.01. The van der Waals surface area contributed by atoms with Gasteiger partial charge in [-0.25, -0.2) is 0 Å². The Morgan fingerprint density at radius 1 is 1.71 bits per heavy atom. The molecule has 14 heavy (non-hydrogen) atoms. The molecule has 1 aliphatic heterocycles. The number of thiophene rings is 1. The first-order chi connectivity index (χ1) is 6.77. The van der Waals surface area contributed by atoms with Gasteiger partial charge in [-0.2, -0.15) is 0 Å². The molecule has 2 heterocycles. The Morgan fingerprint density at radius 3 is 3.00 bits per heavy atom. The number of hydrogen-bond acceptors (Lipinski definition) is 3. The highest BCUT2D eigenvalue weighted by molar-refractivity contribution is 9.10. The van der Waals surface area contributed by atoms with Crippen LogP contribution in [0.2, 0.25) is 0 Å². The van der Waals surface area contributed by atoms with Crippen LogP contribution in [0.5, 0.6) is 0 Å². The molecule has 2 rings (SSSR count). The SMILES string of the molecule is O=C(NCC1CNC1)c1sccc1Br. The lowest BCUT2D eigenvalue weighted by Crippen LogP contribution is -2.48. The first kappa shape index (κ1) is 10.1. The van der Waals surface area contributed by atoms with Crippen LogP contribution < -0.4 is 10.6 Å². The maximum absolute atomic E-state index is 11.6. The highest BCUT2D eigenvalue weighted by Gasteiger charge is 2.18.